The summed E-state index contributed by atoms with van der Waals surface area (Å²) in [5.74, 6) is -0.277. The predicted octanol–water partition coefficient (Wildman–Crippen LogP) is 1.35. The Morgan fingerprint density at radius 2 is 2.23 bits per heavy atom. The summed E-state index contributed by atoms with van der Waals surface area (Å²) in [5.41, 5.74) is 0. The summed E-state index contributed by atoms with van der Waals surface area (Å²) in [6.45, 7) is 1.91. The number of carbonyl (C=O) groups is 1. The maximum Gasteiger partial charge on any atom is 0.311 e. The zero-order valence-corrected chi connectivity index (χ0v) is 8.32. The molecule has 0 heterocycles. The fourth-order valence-electron chi connectivity index (χ4n) is 1.81. The van der Waals surface area contributed by atoms with Gasteiger partial charge >= 0.3 is 5.97 Å². The Labute approximate surface area is 79.1 Å². The molecule has 3 heteroatoms. The van der Waals surface area contributed by atoms with Gasteiger partial charge in [-0.25, -0.2) is 0 Å². The maximum absolute atomic E-state index is 11.2. The number of aliphatic hydroxyl groups is 1. The Bertz CT molecular complexity index is 175. The van der Waals surface area contributed by atoms with Crippen molar-refractivity contribution in [2.24, 2.45) is 11.8 Å². The Balaban J connectivity index is 2.48. The average molecular weight is 186 g/mol. The van der Waals surface area contributed by atoms with Gasteiger partial charge in [0.25, 0.3) is 0 Å². The molecule has 1 saturated carbocycles. The lowest BCUT2D eigenvalue weighted by molar-refractivity contribution is -0.152. The normalized spacial score (nSPS) is 21.8. The minimum atomic E-state index is -0.494. The molecule has 0 aromatic heterocycles. The Hall–Kier alpha value is -0.570. The van der Waals surface area contributed by atoms with Crippen LogP contribution in [-0.4, -0.2) is 24.3 Å². The van der Waals surface area contributed by atoms with E-state index in [2.05, 4.69) is 4.74 Å². The highest BCUT2D eigenvalue weighted by Gasteiger charge is 2.35. The van der Waals surface area contributed by atoms with Crippen molar-refractivity contribution in [2.75, 3.05) is 7.11 Å². The van der Waals surface area contributed by atoms with E-state index in [-0.39, 0.29) is 11.9 Å². The van der Waals surface area contributed by atoms with Crippen molar-refractivity contribution in [3.63, 3.8) is 0 Å². The van der Waals surface area contributed by atoms with Crippen LogP contribution in [-0.2, 0) is 9.53 Å². The summed E-state index contributed by atoms with van der Waals surface area (Å²) in [6.07, 6.45) is 3.44. The van der Waals surface area contributed by atoms with Crippen molar-refractivity contribution in [3.8, 4) is 0 Å². The van der Waals surface area contributed by atoms with E-state index in [1.54, 1.807) is 0 Å². The second kappa shape index (κ2) is 4.61. The van der Waals surface area contributed by atoms with Crippen LogP contribution in [0.3, 0.4) is 0 Å². The molecule has 3 nitrogen and oxygen atoms in total. The molecule has 76 valence electrons. The van der Waals surface area contributed by atoms with Crippen LogP contribution in [0.25, 0.3) is 0 Å². The molecule has 0 aromatic carbocycles. The van der Waals surface area contributed by atoms with Crippen LogP contribution in [0.1, 0.15) is 32.6 Å². The molecule has 13 heavy (non-hydrogen) atoms. The second-order valence-electron chi connectivity index (χ2n) is 3.72. The molecule has 1 aliphatic carbocycles. The minimum absolute atomic E-state index is 0.276. The van der Waals surface area contributed by atoms with Crippen LogP contribution in [0.4, 0.5) is 0 Å². The number of esters is 1. The van der Waals surface area contributed by atoms with Gasteiger partial charge in [0.05, 0.1) is 19.1 Å². The molecule has 2 unspecified atom stereocenters. The third-order valence-electron chi connectivity index (χ3n) is 2.99. The lowest BCUT2D eigenvalue weighted by Gasteiger charge is -2.33. The third kappa shape index (κ3) is 2.21. The summed E-state index contributed by atoms with van der Waals surface area (Å²) < 4.78 is 4.64. The number of ether oxygens (including phenoxy) is 1. The van der Waals surface area contributed by atoms with Gasteiger partial charge in [-0.15, -0.1) is 0 Å². The van der Waals surface area contributed by atoms with E-state index in [1.165, 1.54) is 13.5 Å². The number of methoxy groups -OCH3 is 1. The van der Waals surface area contributed by atoms with Crippen LogP contribution in [0.15, 0.2) is 0 Å². The highest BCUT2D eigenvalue weighted by molar-refractivity contribution is 5.72. The van der Waals surface area contributed by atoms with Crippen molar-refractivity contribution < 1.29 is 14.6 Å². The van der Waals surface area contributed by atoms with Crippen LogP contribution in [0.5, 0.6) is 0 Å². The molecule has 0 spiro atoms. The second-order valence-corrected chi connectivity index (χ2v) is 3.72. The first-order valence-corrected chi connectivity index (χ1v) is 4.96. The molecule has 1 aliphatic rings. The number of aliphatic hydroxyl groups excluding tert-OH is 1. The van der Waals surface area contributed by atoms with Gasteiger partial charge < -0.3 is 9.84 Å². The SMILES string of the molecule is CCC(C(=O)OC)C(O)C1CCC1. The smallest absolute Gasteiger partial charge is 0.311 e. The van der Waals surface area contributed by atoms with Crippen molar-refractivity contribution in [2.45, 2.75) is 38.7 Å². The lowest BCUT2D eigenvalue weighted by Crippen LogP contribution is -2.37. The van der Waals surface area contributed by atoms with Gasteiger partial charge in [0.15, 0.2) is 0 Å². The summed E-state index contributed by atoms with van der Waals surface area (Å²) in [6, 6.07) is 0. The highest BCUT2D eigenvalue weighted by atomic mass is 16.5. The van der Waals surface area contributed by atoms with E-state index >= 15 is 0 Å². The van der Waals surface area contributed by atoms with E-state index < -0.39 is 6.10 Å². The molecule has 0 bridgehead atoms. The monoisotopic (exact) mass is 186 g/mol. The fraction of sp³-hybridized carbons (Fsp3) is 0.900. The first kappa shape index (κ1) is 10.5. The van der Waals surface area contributed by atoms with Crippen molar-refractivity contribution >= 4 is 5.97 Å². The predicted molar refractivity (Wildman–Crippen MR) is 49.1 cm³/mol. The fourth-order valence-corrected chi connectivity index (χ4v) is 1.81. The molecule has 1 rings (SSSR count). The topological polar surface area (TPSA) is 46.5 Å². The summed E-state index contributed by atoms with van der Waals surface area (Å²) in [5, 5.41) is 9.83. The summed E-state index contributed by atoms with van der Waals surface area (Å²) >= 11 is 0. The van der Waals surface area contributed by atoms with E-state index in [0.29, 0.717) is 12.3 Å². The quantitative estimate of drug-likeness (QED) is 0.674. The van der Waals surface area contributed by atoms with E-state index in [4.69, 9.17) is 0 Å². The molecule has 0 amide bonds. The molecule has 0 aliphatic heterocycles. The first-order chi connectivity index (χ1) is 6.20. The average Bonchev–Trinajstić information content (AvgIpc) is 2.02. The minimum Gasteiger partial charge on any atom is -0.469 e. The molecular weight excluding hydrogens is 168 g/mol. The van der Waals surface area contributed by atoms with Gasteiger partial charge in [0, 0.05) is 0 Å². The molecule has 1 N–H and O–H groups in total. The van der Waals surface area contributed by atoms with Gasteiger partial charge in [0.2, 0.25) is 0 Å². The third-order valence-corrected chi connectivity index (χ3v) is 2.99. The van der Waals surface area contributed by atoms with Crippen molar-refractivity contribution in [3.05, 3.63) is 0 Å². The molecule has 1 fully saturated rings. The van der Waals surface area contributed by atoms with Gasteiger partial charge in [0.1, 0.15) is 0 Å². The van der Waals surface area contributed by atoms with Gasteiger partial charge in [-0.1, -0.05) is 13.3 Å². The largest absolute Gasteiger partial charge is 0.469 e. The number of hydrogen-bond acceptors (Lipinski definition) is 3. The van der Waals surface area contributed by atoms with E-state index in [1.807, 2.05) is 6.92 Å². The molecular formula is C10H18O3. The van der Waals surface area contributed by atoms with Crippen molar-refractivity contribution in [1.82, 2.24) is 0 Å². The highest BCUT2D eigenvalue weighted by Crippen LogP contribution is 2.33. The zero-order chi connectivity index (χ0) is 9.84. The van der Waals surface area contributed by atoms with Crippen LogP contribution in [0, 0.1) is 11.8 Å². The van der Waals surface area contributed by atoms with Gasteiger partial charge in [-0.05, 0) is 25.2 Å². The Morgan fingerprint density at radius 3 is 2.54 bits per heavy atom. The zero-order valence-electron chi connectivity index (χ0n) is 8.32. The Morgan fingerprint density at radius 1 is 1.62 bits per heavy atom. The molecule has 0 saturated heterocycles. The van der Waals surface area contributed by atoms with Crippen LogP contribution < -0.4 is 0 Å². The maximum atomic E-state index is 11.2. The summed E-state index contributed by atoms with van der Waals surface area (Å²) in [4.78, 5) is 11.2. The molecule has 2 atom stereocenters. The van der Waals surface area contributed by atoms with Crippen molar-refractivity contribution in [1.29, 1.82) is 0 Å². The van der Waals surface area contributed by atoms with E-state index in [9.17, 15) is 9.90 Å². The lowest BCUT2D eigenvalue weighted by atomic mass is 9.76. The Kier molecular flexibility index (Phi) is 3.72. The summed E-state index contributed by atoms with van der Waals surface area (Å²) in [7, 11) is 1.37. The van der Waals surface area contributed by atoms with Crippen LogP contribution >= 0.6 is 0 Å². The number of hydrogen-bond donors (Lipinski definition) is 1. The molecule has 0 aromatic rings. The molecule has 0 radical (unpaired) electrons. The van der Waals surface area contributed by atoms with E-state index in [0.717, 1.165) is 12.8 Å². The number of carbonyl (C=O) groups excluding carboxylic acids is 1. The standard InChI is InChI=1S/C10H18O3/c1-3-8(10(12)13-2)9(11)7-5-4-6-7/h7-9,11H,3-6H2,1-2H3. The first-order valence-electron chi connectivity index (χ1n) is 4.96. The van der Waals surface area contributed by atoms with Crippen LogP contribution in [0.2, 0.25) is 0 Å². The van der Waals surface area contributed by atoms with Gasteiger partial charge in [-0.3, -0.25) is 4.79 Å². The van der Waals surface area contributed by atoms with Gasteiger partial charge in [-0.2, -0.15) is 0 Å². The number of rotatable bonds is 4.